The van der Waals surface area contributed by atoms with Crippen LogP contribution in [0.15, 0.2) is 46.3 Å². The predicted molar refractivity (Wildman–Crippen MR) is 94.8 cm³/mol. The molecule has 2 N–H and O–H groups in total. The molecule has 0 bridgehead atoms. The fourth-order valence-electron chi connectivity index (χ4n) is 2.32. The summed E-state index contributed by atoms with van der Waals surface area (Å²) in [4.78, 5) is 24.7. The third kappa shape index (κ3) is 5.18. The van der Waals surface area contributed by atoms with Crippen molar-refractivity contribution >= 4 is 39.1 Å². The van der Waals surface area contributed by atoms with Gasteiger partial charge in [-0.1, -0.05) is 37.3 Å². The van der Waals surface area contributed by atoms with Gasteiger partial charge in [0.25, 0.3) is 0 Å². The molecule has 6 heteroatoms. The van der Waals surface area contributed by atoms with Crippen LogP contribution in [0.3, 0.4) is 0 Å². The van der Waals surface area contributed by atoms with Crippen LogP contribution < -0.4 is 5.32 Å². The number of hydrogen-bond acceptors (Lipinski definition) is 3. The lowest BCUT2D eigenvalue weighted by Crippen LogP contribution is -2.44. The highest BCUT2D eigenvalue weighted by Gasteiger charge is 2.27. The van der Waals surface area contributed by atoms with Crippen molar-refractivity contribution in [1.82, 2.24) is 5.32 Å². The van der Waals surface area contributed by atoms with Crippen molar-refractivity contribution in [3.05, 3.63) is 56.7 Å². The Morgan fingerprint density at radius 3 is 2.57 bits per heavy atom. The average molecular weight is 396 g/mol. The van der Waals surface area contributed by atoms with E-state index in [2.05, 4.69) is 21.2 Å². The molecule has 0 aliphatic rings. The summed E-state index contributed by atoms with van der Waals surface area (Å²) in [6, 6.07) is 10.4. The van der Waals surface area contributed by atoms with Crippen molar-refractivity contribution < 1.29 is 14.7 Å². The van der Waals surface area contributed by atoms with Crippen LogP contribution >= 0.6 is 27.3 Å². The number of carbonyl (C=O) groups is 2. The largest absolute Gasteiger partial charge is 0.480 e. The van der Waals surface area contributed by atoms with Crippen molar-refractivity contribution in [3.63, 3.8) is 0 Å². The summed E-state index contributed by atoms with van der Waals surface area (Å²) in [5, 5.41) is 14.0. The van der Waals surface area contributed by atoms with Gasteiger partial charge in [-0.3, -0.25) is 4.79 Å². The van der Waals surface area contributed by atoms with Gasteiger partial charge in [-0.05, 0) is 34.0 Å². The summed E-state index contributed by atoms with van der Waals surface area (Å²) >= 11 is 4.95. The van der Waals surface area contributed by atoms with Gasteiger partial charge in [0.2, 0.25) is 5.91 Å². The summed E-state index contributed by atoms with van der Waals surface area (Å²) in [7, 11) is 0. The quantitative estimate of drug-likeness (QED) is 0.748. The average Bonchev–Trinajstić information content (AvgIpc) is 2.96. The van der Waals surface area contributed by atoms with Crippen LogP contribution in [0.25, 0.3) is 0 Å². The molecule has 2 aromatic rings. The topological polar surface area (TPSA) is 66.4 Å². The van der Waals surface area contributed by atoms with Gasteiger partial charge in [0.15, 0.2) is 0 Å². The number of aliphatic carboxylic acids is 1. The second kappa shape index (κ2) is 8.26. The summed E-state index contributed by atoms with van der Waals surface area (Å²) in [5.41, 5.74) is 0.891. The molecule has 0 aliphatic carbocycles. The molecule has 0 spiro atoms. The number of aryl methyl sites for hydroxylation is 1. The number of hydrogen-bond donors (Lipinski definition) is 2. The molecule has 0 aliphatic heterocycles. The number of amides is 1. The number of rotatable bonds is 7. The van der Waals surface area contributed by atoms with E-state index in [1.807, 2.05) is 48.7 Å². The molecule has 0 saturated heterocycles. The molecule has 2 unspecified atom stereocenters. The van der Waals surface area contributed by atoms with E-state index in [-0.39, 0.29) is 18.2 Å². The fourth-order valence-corrected chi connectivity index (χ4v) is 3.77. The maximum atomic E-state index is 12.1. The number of carboxylic acids is 1. The van der Waals surface area contributed by atoms with Crippen molar-refractivity contribution in [2.24, 2.45) is 0 Å². The van der Waals surface area contributed by atoms with Crippen LogP contribution in [-0.2, 0) is 16.0 Å². The van der Waals surface area contributed by atoms with E-state index in [4.69, 9.17) is 0 Å². The zero-order valence-electron chi connectivity index (χ0n) is 12.7. The zero-order valence-corrected chi connectivity index (χ0v) is 15.1. The Kier molecular flexibility index (Phi) is 6.36. The molecule has 2 rings (SSSR count). The zero-order chi connectivity index (χ0) is 16.8. The van der Waals surface area contributed by atoms with Gasteiger partial charge in [0.1, 0.15) is 6.04 Å². The highest BCUT2D eigenvalue weighted by atomic mass is 79.9. The molecule has 122 valence electrons. The monoisotopic (exact) mass is 395 g/mol. The molecule has 1 heterocycles. The molecular formula is C17H18BrNO3S. The van der Waals surface area contributed by atoms with Crippen LogP contribution in [0.5, 0.6) is 0 Å². The number of thiophene rings is 1. The first-order chi connectivity index (χ1) is 11.0. The van der Waals surface area contributed by atoms with Gasteiger partial charge in [-0.2, -0.15) is 0 Å². The van der Waals surface area contributed by atoms with Crippen LogP contribution in [-0.4, -0.2) is 23.0 Å². The number of carbonyl (C=O) groups excluding carboxylic acids is 1. The van der Waals surface area contributed by atoms with E-state index < -0.39 is 12.0 Å². The number of carboxylic acid groups (broad SMARTS) is 1. The van der Waals surface area contributed by atoms with E-state index >= 15 is 0 Å². The maximum Gasteiger partial charge on any atom is 0.326 e. The molecule has 0 saturated carbocycles. The Hall–Kier alpha value is -1.66. The number of halogens is 1. The molecule has 23 heavy (non-hydrogen) atoms. The van der Waals surface area contributed by atoms with Gasteiger partial charge in [0.05, 0.1) is 0 Å². The highest BCUT2D eigenvalue weighted by Crippen LogP contribution is 2.22. The van der Waals surface area contributed by atoms with Crippen molar-refractivity contribution in [3.8, 4) is 0 Å². The van der Waals surface area contributed by atoms with Crippen LogP contribution in [0, 0.1) is 0 Å². The lowest BCUT2D eigenvalue weighted by atomic mass is 9.93. The Morgan fingerprint density at radius 2 is 2.00 bits per heavy atom. The first kappa shape index (κ1) is 17.7. The number of benzene rings is 1. The summed E-state index contributed by atoms with van der Waals surface area (Å²) < 4.78 is 0.999. The molecule has 0 fully saturated rings. The van der Waals surface area contributed by atoms with Gasteiger partial charge in [-0.15, -0.1) is 11.3 Å². The van der Waals surface area contributed by atoms with Gasteiger partial charge >= 0.3 is 5.97 Å². The minimum atomic E-state index is -1.02. The molecule has 0 radical (unpaired) electrons. The third-order valence-corrected chi connectivity index (χ3v) is 5.39. The highest BCUT2D eigenvalue weighted by molar-refractivity contribution is 9.10. The van der Waals surface area contributed by atoms with E-state index in [9.17, 15) is 14.7 Å². The molecular weight excluding hydrogens is 378 g/mol. The third-order valence-electron chi connectivity index (χ3n) is 3.63. The molecule has 1 amide bonds. The molecule has 1 aromatic heterocycles. The minimum absolute atomic E-state index is 0.246. The van der Waals surface area contributed by atoms with Crippen molar-refractivity contribution in [1.29, 1.82) is 0 Å². The first-order valence-corrected chi connectivity index (χ1v) is 8.94. The standard InChI is InChI=1S/C17H18BrNO3S/c1-11(12-5-3-2-4-6-12)16(17(21)22)19-15(20)8-7-14-9-13(18)10-23-14/h2-6,9-11,16H,7-8H2,1H3,(H,19,20)(H,21,22). The minimum Gasteiger partial charge on any atom is -0.480 e. The second-order valence-electron chi connectivity index (χ2n) is 5.31. The van der Waals surface area contributed by atoms with Crippen LogP contribution in [0.2, 0.25) is 0 Å². The summed E-state index contributed by atoms with van der Waals surface area (Å²) in [6.07, 6.45) is 0.881. The fraction of sp³-hybridized carbons (Fsp3) is 0.294. The first-order valence-electron chi connectivity index (χ1n) is 7.27. The smallest absolute Gasteiger partial charge is 0.326 e. The Bertz CT molecular complexity index is 671. The summed E-state index contributed by atoms with van der Waals surface area (Å²) in [6.45, 7) is 1.81. The predicted octanol–water partition coefficient (Wildman–Crippen LogP) is 3.82. The van der Waals surface area contributed by atoms with Crippen LogP contribution in [0.4, 0.5) is 0 Å². The van der Waals surface area contributed by atoms with Gasteiger partial charge in [0, 0.05) is 27.1 Å². The maximum absolute atomic E-state index is 12.1. The van der Waals surface area contributed by atoms with Gasteiger partial charge < -0.3 is 10.4 Å². The Labute approximate surface area is 147 Å². The van der Waals surface area contributed by atoms with E-state index in [1.54, 1.807) is 11.3 Å². The molecule has 4 nitrogen and oxygen atoms in total. The molecule has 1 aromatic carbocycles. The Balaban J connectivity index is 1.96. The van der Waals surface area contributed by atoms with Crippen molar-refractivity contribution in [2.75, 3.05) is 0 Å². The normalized spacial score (nSPS) is 13.3. The summed E-state index contributed by atoms with van der Waals surface area (Å²) in [5.74, 6) is -1.56. The second-order valence-corrected chi connectivity index (χ2v) is 7.23. The van der Waals surface area contributed by atoms with E-state index in [0.29, 0.717) is 6.42 Å². The lowest BCUT2D eigenvalue weighted by molar-refractivity contribution is -0.142. The number of nitrogens with one attached hydrogen (secondary N) is 1. The van der Waals surface area contributed by atoms with Crippen LogP contribution in [0.1, 0.15) is 29.7 Å². The SMILES string of the molecule is CC(c1ccccc1)C(NC(=O)CCc1cc(Br)cs1)C(=O)O. The van der Waals surface area contributed by atoms with Gasteiger partial charge in [-0.25, -0.2) is 4.79 Å². The van der Waals surface area contributed by atoms with E-state index in [1.165, 1.54) is 0 Å². The van der Waals surface area contributed by atoms with Crippen molar-refractivity contribution in [2.45, 2.75) is 31.7 Å². The molecule has 2 atom stereocenters. The van der Waals surface area contributed by atoms with E-state index in [0.717, 1.165) is 14.9 Å². The Morgan fingerprint density at radius 1 is 1.30 bits per heavy atom. The lowest BCUT2D eigenvalue weighted by Gasteiger charge is -2.21.